The van der Waals surface area contributed by atoms with Gasteiger partial charge in [-0.1, -0.05) is 6.92 Å². The maximum absolute atomic E-state index is 11.4. The minimum Gasteiger partial charge on any atom is -0.358 e. The summed E-state index contributed by atoms with van der Waals surface area (Å²) in [7, 11) is 1.69. The number of hydrogen-bond donors (Lipinski definition) is 2. The Morgan fingerprint density at radius 2 is 2.19 bits per heavy atom. The second kappa shape index (κ2) is 6.86. The van der Waals surface area contributed by atoms with Crippen molar-refractivity contribution < 1.29 is 4.79 Å². The number of nitrogens with zero attached hydrogens (tertiary/aromatic N) is 1. The zero-order valence-electron chi connectivity index (χ0n) is 10.8. The summed E-state index contributed by atoms with van der Waals surface area (Å²) < 4.78 is 0. The van der Waals surface area contributed by atoms with Gasteiger partial charge in [0.05, 0.1) is 6.04 Å². The van der Waals surface area contributed by atoms with Gasteiger partial charge in [-0.25, -0.2) is 0 Å². The van der Waals surface area contributed by atoms with Crippen LogP contribution in [0.15, 0.2) is 0 Å². The lowest BCUT2D eigenvalue weighted by Gasteiger charge is -2.21. The molecule has 0 aromatic rings. The van der Waals surface area contributed by atoms with Crippen LogP contribution in [0.25, 0.3) is 0 Å². The van der Waals surface area contributed by atoms with Gasteiger partial charge in [-0.15, -0.1) is 0 Å². The Morgan fingerprint density at radius 1 is 1.44 bits per heavy atom. The first kappa shape index (κ1) is 13.5. The van der Waals surface area contributed by atoms with E-state index in [-0.39, 0.29) is 11.9 Å². The van der Waals surface area contributed by atoms with Gasteiger partial charge < -0.3 is 15.5 Å². The van der Waals surface area contributed by atoms with E-state index >= 15 is 0 Å². The molecule has 2 atom stereocenters. The molecule has 0 saturated carbocycles. The molecule has 0 aliphatic carbocycles. The Labute approximate surface area is 98.8 Å². The molecule has 0 aromatic heterocycles. The molecule has 1 aliphatic heterocycles. The predicted molar refractivity (Wildman–Crippen MR) is 66.4 cm³/mol. The summed E-state index contributed by atoms with van der Waals surface area (Å²) >= 11 is 0. The largest absolute Gasteiger partial charge is 0.358 e. The van der Waals surface area contributed by atoms with Crippen molar-refractivity contribution in [3.63, 3.8) is 0 Å². The number of carbonyl (C=O) groups is 1. The SMILES string of the molecule is CCN1CCCC(NC(C)C(=O)NC)CC1. The first-order valence-electron chi connectivity index (χ1n) is 6.37. The van der Waals surface area contributed by atoms with Crippen molar-refractivity contribution in [3.05, 3.63) is 0 Å². The second-order valence-electron chi connectivity index (χ2n) is 4.56. The highest BCUT2D eigenvalue weighted by molar-refractivity contribution is 5.80. The molecule has 0 radical (unpaired) electrons. The van der Waals surface area contributed by atoms with Crippen LogP contribution in [0.2, 0.25) is 0 Å². The molecule has 0 spiro atoms. The smallest absolute Gasteiger partial charge is 0.236 e. The van der Waals surface area contributed by atoms with Crippen LogP contribution in [0, 0.1) is 0 Å². The molecule has 0 aromatic carbocycles. The molecule has 0 bridgehead atoms. The quantitative estimate of drug-likeness (QED) is 0.738. The van der Waals surface area contributed by atoms with Crippen molar-refractivity contribution in [1.82, 2.24) is 15.5 Å². The average molecular weight is 227 g/mol. The number of likely N-dealkylation sites (tertiary alicyclic amines) is 1. The lowest BCUT2D eigenvalue weighted by molar-refractivity contribution is -0.122. The molecule has 4 heteroatoms. The van der Waals surface area contributed by atoms with E-state index in [0.717, 1.165) is 19.5 Å². The van der Waals surface area contributed by atoms with Gasteiger partial charge in [-0.3, -0.25) is 4.79 Å². The average Bonchev–Trinajstić information content (AvgIpc) is 2.53. The van der Waals surface area contributed by atoms with Crippen molar-refractivity contribution in [2.45, 2.75) is 45.2 Å². The van der Waals surface area contributed by atoms with E-state index in [1.54, 1.807) is 7.05 Å². The number of rotatable bonds is 4. The molecule has 1 heterocycles. The molecule has 4 nitrogen and oxygen atoms in total. The summed E-state index contributed by atoms with van der Waals surface area (Å²) in [4.78, 5) is 13.9. The Bertz CT molecular complexity index is 220. The van der Waals surface area contributed by atoms with Crippen LogP contribution in [-0.4, -0.2) is 49.6 Å². The van der Waals surface area contributed by atoms with Crippen molar-refractivity contribution in [3.8, 4) is 0 Å². The molecule has 16 heavy (non-hydrogen) atoms. The molecule has 1 saturated heterocycles. The van der Waals surface area contributed by atoms with Crippen LogP contribution < -0.4 is 10.6 Å². The van der Waals surface area contributed by atoms with E-state index in [9.17, 15) is 4.79 Å². The number of hydrogen-bond acceptors (Lipinski definition) is 3. The molecule has 2 unspecified atom stereocenters. The number of nitrogens with one attached hydrogen (secondary N) is 2. The lowest BCUT2D eigenvalue weighted by Crippen LogP contribution is -2.45. The van der Waals surface area contributed by atoms with Crippen LogP contribution in [0.4, 0.5) is 0 Å². The van der Waals surface area contributed by atoms with Gasteiger partial charge in [0.15, 0.2) is 0 Å². The van der Waals surface area contributed by atoms with E-state index < -0.39 is 0 Å². The summed E-state index contributed by atoms with van der Waals surface area (Å²) in [6.07, 6.45) is 3.55. The van der Waals surface area contributed by atoms with Gasteiger partial charge in [0, 0.05) is 13.1 Å². The van der Waals surface area contributed by atoms with Gasteiger partial charge >= 0.3 is 0 Å². The van der Waals surface area contributed by atoms with E-state index in [1.807, 2.05) is 6.92 Å². The topological polar surface area (TPSA) is 44.4 Å². The van der Waals surface area contributed by atoms with E-state index in [2.05, 4.69) is 22.5 Å². The van der Waals surface area contributed by atoms with Crippen LogP contribution >= 0.6 is 0 Å². The maximum Gasteiger partial charge on any atom is 0.236 e. The van der Waals surface area contributed by atoms with Crippen LogP contribution in [0.1, 0.15) is 33.1 Å². The Morgan fingerprint density at radius 3 is 2.81 bits per heavy atom. The molecule has 1 rings (SSSR count). The fourth-order valence-corrected chi connectivity index (χ4v) is 2.28. The minimum atomic E-state index is -0.0804. The van der Waals surface area contributed by atoms with Crippen LogP contribution in [0.3, 0.4) is 0 Å². The molecular weight excluding hydrogens is 202 g/mol. The predicted octanol–water partition coefficient (Wildman–Crippen LogP) is 0.585. The standard InChI is InChI=1S/C12H25N3O/c1-4-15-8-5-6-11(7-9-15)14-10(2)12(16)13-3/h10-11,14H,4-9H2,1-3H3,(H,13,16). The normalized spacial score (nSPS) is 24.8. The molecule has 1 amide bonds. The van der Waals surface area contributed by atoms with Crippen molar-refractivity contribution in [2.24, 2.45) is 0 Å². The van der Waals surface area contributed by atoms with Gasteiger partial charge in [-0.2, -0.15) is 0 Å². The molecule has 2 N–H and O–H groups in total. The molecular formula is C12H25N3O. The number of likely N-dealkylation sites (N-methyl/N-ethyl adjacent to an activating group) is 1. The monoisotopic (exact) mass is 227 g/mol. The van der Waals surface area contributed by atoms with Gasteiger partial charge in [-0.05, 0) is 45.8 Å². The third-order valence-electron chi connectivity index (χ3n) is 3.39. The molecule has 1 aliphatic rings. The van der Waals surface area contributed by atoms with Crippen LogP contribution in [0.5, 0.6) is 0 Å². The zero-order chi connectivity index (χ0) is 12.0. The summed E-state index contributed by atoms with van der Waals surface area (Å²) in [5.74, 6) is 0.0802. The second-order valence-corrected chi connectivity index (χ2v) is 4.56. The Balaban J connectivity index is 2.34. The highest BCUT2D eigenvalue weighted by atomic mass is 16.2. The Hall–Kier alpha value is -0.610. The highest BCUT2D eigenvalue weighted by Gasteiger charge is 2.19. The first-order chi connectivity index (χ1) is 7.67. The van der Waals surface area contributed by atoms with Crippen molar-refractivity contribution >= 4 is 5.91 Å². The van der Waals surface area contributed by atoms with Gasteiger partial charge in [0.25, 0.3) is 0 Å². The zero-order valence-corrected chi connectivity index (χ0v) is 10.8. The van der Waals surface area contributed by atoms with E-state index in [0.29, 0.717) is 6.04 Å². The van der Waals surface area contributed by atoms with Crippen molar-refractivity contribution in [1.29, 1.82) is 0 Å². The van der Waals surface area contributed by atoms with Gasteiger partial charge in [0.2, 0.25) is 5.91 Å². The molecule has 94 valence electrons. The summed E-state index contributed by atoms with van der Waals surface area (Å²) in [5.41, 5.74) is 0. The highest BCUT2D eigenvalue weighted by Crippen LogP contribution is 2.11. The van der Waals surface area contributed by atoms with E-state index in [1.165, 1.54) is 19.4 Å². The lowest BCUT2D eigenvalue weighted by atomic mass is 10.1. The van der Waals surface area contributed by atoms with E-state index in [4.69, 9.17) is 0 Å². The summed E-state index contributed by atoms with van der Waals surface area (Å²) in [6.45, 7) is 7.62. The third kappa shape index (κ3) is 4.10. The fourth-order valence-electron chi connectivity index (χ4n) is 2.28. The number of amides is 1. The maximum atomic E-state index is 11.4. The number of carbonyl (C=O) groups excluding carboxylic acids is 1. The third-order valence-corrected chi connectivity index (χ3v) is 3.39. The summed E-state index contributed by atoms with van der Waals surface area (Å²) in [6, 6.07) is 0.409. The van der Waals surface area contributed by atoms with Gasteiger partial charge in [0.1, 0.15) is 0 Å². The fraction of sp³-hybridized carbons (Fsp3) is 0.917. The first-order valence-corrected chi connectivity index (χ1v) is 6.37. The van der Waals surface area contributed by atoms with Crippen LogP contribution in [-0.2, 0) is 4.79 Å². The molecule has 1 fully saturated rings. The Kier molecular flexibility index (Phi) is 5.77. The minimum absolute atomic E-state index is 0.0802. The van der Waals surface area contributed by atoms with Crippen molar-refractivity contribution in [2.75, 3.05) is 26.7 Å². The summed E-state index contributed by atoms with van der Waals surface area (Å²) in [5, 5.41) is 6.09.